The van der Waals surface area contributed by atoms with Crippen molar-refractivity contribution in [3.05, 3.63) is 0 Å². The summed E-state index contributed by atoms with van der Waals surface area (Å²) in [5, 5.41) is 9.00. The molecule has 1 aliphatic heterocycles. The normalized spacial score (nSPS) is 21.7. The van der Waals surface area contributed by atoms with Gasteiger partial charge >= 0.3 is 5.97 Å². The van der Waals surface area contributed by atoms with Crippen LogP contribution in [-0.4, -0.2) is 54.8 Å². The molecule has 19 heavy (non-hydrogen) atoms. The van der Waals surface area contributed by atoms with E-state index >= 15 is 0 Å². The third-order valence-corrected chi connectivity index (χ3v) is 5.48. The molecule has 0 aromatic heterocycles. The van der Waals surface area contributed by atoms with Gasteiger partial charge in [0, 0.05) is 26.7 Å². The van der Waals surface area contributed by atoms with E-state index in [0.717, 1.165) is 19.3 Å². The zero-order valence-electron chi connectivity index (χ0n) is 11.7. The number of rotatable bonds is 7. The summed E-state index contributed by atoms with van der Waals surface area (Å²) >= 11 is 0. The summed E-state index contributed by atoms with van der Waals surface area (Å²) in [6.07, 6.45) is 4.04. The first-order chi connectivity index (χ1) is 8.89. The summed E-state index contributed by atoms with van der Waals surface area (Å²) in [4.78, 5) is 11.0. The van der Waals surface area contributed by atoms with Gasteiger partial charge in [0.2, 0.25) is 0 Å². The molecule has 1 rings (SSSR count). The van der Waals surface area contributed by atoms with Crippen molar-refractivity contribution in [2.45, 2.75) is 39.0 Å². The number of nitrogens with zero attached hydrogens (tertiary/aromatic N) is 2. The molecule has 1 aliphatic rings. The Morgan fingerprint density at radius 1 is 1.42 bits per heavy atom. The summed E-state index contributed by atoms with van der Waals surface area (Å²) in [6, 6.07) is 0. The van der Waals surface area contributed by atoms with Gasteiger partial charge in [-0.1, -0.05) is 19.8 Å². The van der Waals surface area contributed by atoms with Gasteiger partial charge in [-0.3, -0.25) is 4.79 Å². The van der Waals surface area contributed by atoms with E-state index in [4.69, 9.17) is 5.11 Å². The quantitative estimate of drug-likeness (QED) is 0.714. The SMILES string of the molecule is CCCCCN(C)S(=O)(=O)N1CCCC(C(=O)O)C1. The molecular formula is C12H24N2O4S. The molecule has 0 aromatic rings. The number of aliphatic carboxylic acids is 1. The van der Waals surface area contributed by atoms with E-state index < -0.39 is 22.1 Å². The van der Waals surface area contributed by atoms with Gasteiger partial charge in [-0.15, -0.1) is 0 Å². The highest BCUT2D eigenvalue weighted by atomic mass is 32.2. The number of carboxylic acids is 1. The number of hydrogen-bond donors (Lipinski definition) is 1. The van der Waals surface area contributed by atoms with Crippen LogP contribution in [0.4, 0.5) is 0 Å². The van der Waals surface area contributed by atoms with Gasteiger partial charge in [-0.05, 0) is 19.3 Å². The van der Waals surface area contributed by atoms with E-state index in [9.17, 15) is 13.2 Å². The predicted molar refractivity (Wildman–Crippen MR) is 73.0 cm³/mol. The van der Waals surface area contributed by atoms with E-state index in [2.05, 4.69) is 6.92 Å². The number of piperidine rings is 1. The maximum Gasteiger partial charge on any atom is 0.307 e. The van der Waals surface area contributed by atoms with Crippen LogP contribution in [0.3, 0.4) is 0 Å². The molecule has 1 N–H and O–H groups in total. The van der Waals surface area contributed by atoms with Crippen molar-refractivity contribution in [3.63, 3.8) is 0 Å². The summed E-state index contributed by atoms with van der Waals surface area (Å²) in [5.74, 6) is -1.49. The molecule has 1 heterocycles. The molecule has 0 aliphatic carbocycles. The molecule has 0 amide bonds. The Balaban J connectivity index is 2.62. The average molecular weight is 292 g/mol. The molecule has 6 nitrogen and oxygen atoms in total. The van der Waals surface area contributed by atoms with Gasteiger partial charge in [0.1, 0.15) is 0 Å². The van der Waals surface area contributed by atoms with Crippen LogP contribution in [-0.2, 0) is 15.0 Å². The highest BCUT2D eigenvalue weighted by Gasteiger charge is 2.34. The van der Waals surface area contributed by atoms with Crippen LogP contribution in [0.1, 0.15) is 39.0 Å². The Morgan fingerprint density at radius 3 is 2.68 bits per heavy atom. The van der Waals surface area contributed by atoms with Gasteiger partial charge in [-0.2, -0.15) is 17.0 Å². The maximum atomic E-state index is 12.3. The summed E-state index contributed by atoms with van der Waals surface area (Å²) in [6.45, 7) is 3.07. The van der Waals surface area contributed by atoms with Crippen molar-refractivity contribution in [3.8, 4) is 0 Å². The standard InChI is InChI=1S/C12H24N2O4S/c1-3-4-5-8-13(2)19(17,18)14-9-6-7-11(10-14)12(15)16/h11H,3-10H2,1-2H3,(H,15,16). The zero-order valence-corrected chi connectivity index (χ0v) is 12.5. The van der Waals surface area contributed by atoms with E-state index in [1.54, 1.807) is 7.05 Å². The molecule has 1 unspecified atom stereocenters. The number of carboxylic acid groups (broad SMARTS) is 1. The molecule has 0 radical (unpaired) electrons. The van der Waals surface area contributed by atoms with Crippen molar-refractivity contribution >= 4 is 16.2 Å². The van der Waals surface area contributed by atoms with Gasteiger partial charge in [0.15, 0.2) is 0 Å². The third kappa shape index (κ3) is 4.43. The Bertz CT molecular complexity index is 397. The molecule has 1 atom stereocenters. The highest BCUT2D eigenvalue weighted by Crippen LogP contribution is 2.21. The lowest BCUT2D eigenvalue weighted by atomic mass is 10.0. The van der Waals surface area contributed by atoms with Crippen LogP contribution >= 0.6 is 0 Å². The lowest BCUT2D eigenvalue weighted by molar-refractivity contribution is -0.142. The third-order valence-electron chi connectivity index (χ3n) is 3.53. The molecule has 1 saturated heterocycles. The minimum atomic E-state index is -3.51. The molecule has 0 saturated carbocycles. The molecule has 1 fully saturated rings. The minimum absolute atomic E-state index is 0.0930. The van der Waals surface area contributed by atoms with Crippen LogP contribution in [0.25, 0.3) is 0 Å². The van der Waals surface area contributed by atoms with Gasteiger partial charge < -0.3 is 5.11 Å². The molecule has 0 bridgehead atoms. The molecule has 0 aromatic carbocycles. The lowest BCUT2D eigenvalue weighted by Gasteiger charge is -2.32. The molecule has 0 spiro atoms. The van der Waals surface area contributed by atoms with Crippen LogP contribution < -0.4 is 0 Å². The molecule has 7 heteroatoms. The second-order valence-corrected chi connectivity index (χ2v) is 7.11. The van der Waals surface area contributed by atoms with Crippen LogP contribution in [0.15, 0.2) is 0 Å². The highest BCUT2D eigenvalue weighted by molar-refractivity contribution is 7.86. The molecular weight excluding hydrogens is 268 g/mol. The monoisotopic (exact) mass is 292 g/mol. The fraction of sp³-hybridized carbons (Fsp3) is 0.917. The Labute approximate surface area is 115 Å². The largest absolute Gasteiger partial charge is 0.481 e. The van der Waals surface area contributed by atoms with E-state index in [0.29, 0.717) is 25.9 Å². The van der Waals surface area contributed by atoms with Crippen LogP contribution in [0, 0.1) is 5.92 Å². The van der Waals surface area contributed by atoms with Gasteiger partial charge in [0.25, 0.3) is 10.2 Å². The lowest BCUT2D eigenvalue weighted by Crippen LogP contribution is -2.48. The minimum Gasteiger partial charge on any atom is -0.481 e. The van der Waals surface area contributed by atoms with Crippen molar-refractivity contribution in [1.82, 2.24) is 8.61 Å². The second kappa shape index (κ2) is 7.21. The fourth-order valence-corrected chi connectivity index (χ4v) is 3.73. The van der Waals surface area contributed by atoms with E-state index in [1.807, 2.05) is 0 Å². The average Bonchev–Trinajstić information content (AvgIpc) is 2.39. The Hall–Kier alpha value is -0.660. The number of carbonyl (C=O) groups is 1. The van der Waals surface area contributed by atoms with Crippen LogP contribution in [0.2, 0.25) is 0 Å². The zero-order chi connectivity index (χ0) is 14.5. The second-order valence-electron chi connectivity index (χ2n) is 5.07. The summed E-state index contributed by atoms with van der Waals surface area (Å²) < 4.78 is 27.3. The van der Waals surface area contributed by atoms with E-state index in [-0.39, 0.29) is 6.54 Å². The fourth-order valence-electron chi connectivity index (χ4n) is 2.25. The first-order valence-corrected chi connectivity index (χ1v) is 8.23. The first kappa shape index (κ1) is 16.4. The Morgan fingerprint density at radius 2 is 2.11 bits per heavy atom. The van der Waals surface area contributed by atoms with Crippen molar-refractivity contribution < 1.29 is 18.3 Å². The topological polar surface area (TPSA) is 77.9 Å². The number of unbranched alkanes of at least 4 members (excludes halogenated alkanes) is 2. The first-order valence-electron chi connectivity index (χ1n) is 6.83. The maximum absolute atomic E-state index is 12.3. The van der Waals surface area contributed by atoms with Gasteiger partial charge in [0.05, 0.1) is 5.92 Å². The summed E-state index contributed by atoms with van der Waals surface area (Å²) in [7, 11) is -1.94. The van der Waals surface area contributed by atoms with Crippen molar-refractivity contribution in [1.29, 1.82) is 0 Å². The van der Waals surface area contributed by atoms with Crippen molar-refractivity contribution in [2.24, 2.45) is 5.92 Å². The summed E-state index contributed by atoms with van der Waals surface area (Å²) in [5.41, 5.74) is 0. The smallest absolute Gasteiger partial charge is 0.307 e. The van der Waals surface area contributed by atoms with E-state index in [1.165, 1.54) is 8.61 Å². The predicted octanol–water partition coefficient (Wildman–Crippen LogP) is 1.15. The van der Waals surface area contributed by atoms with Gasteiger partial charge in [-0.25, -0.2) is 0 Å². The van der Waals surface area contributed by atoms with Crippen LogP contribution in [0.5, 0.6) is 0 Å². The number of hydrogen-bond acceptors (Lipinski definition) is 3. The molecule has 112 valence electrons. The Kier molecular flexibility index (Phi) is 6.22. The van der Waals surface area contributed by atoms with Crippen molar-refractivity contribution in [2.75, 3.05) is 26.7 Å².